The summed E-state index contributed by atoms with van der Waals surface area (Å²) in [6, 6.07) is 12.7. The monoisotopic (exact) mass is 557 g/mol. The quantitative estimate of drug-likeness (QED) is 0.256. The zero-order chi connectivity index (χ0) is 27.7. The summed E-state index contributed by atoms with van der Waals surface area (Å²) in [4.78, 5) is 23.5. The van der Waals surface area contributed by atoms with E-state index >= 15 is 0 Å². The van der Waals surface area contributed by atoms with Crippen LogP contribution in [0.1, 0.15) is 53.9 Å². The molecule has 1 unspecified atom stereocenters. The number of anilines is 2. The van der Waals surface area contributed by atoms with Crippen LogP contribution in [0.15, 0.2) is 54.1 Å². The van der Waals surface area contributed by atoms with Crippen molar-refractivity contribution in [2.75, 3.05) is 23.7 Å². The molecule has 0 bridgehead atoms. The Hall–Kier alpha value is -3.79. The van der Waals surface area contributed by atoms with E-state index in [0.717, 1.165) is 22.8 Å². The summed E-state index contributed by atoms with van der Waals surface area (Å²) in [5.74, 6) is 0.439. The molecular formula is C28H27ClF3N5O2. The second-order valence-corrected chi connectivity index (χ2v) is 9.92. The van der Waals surface area contributed by atoms with Crippen molar-refractivity contribution in [1.82, 2.24) is 14.9 Å². The third kappa shape index (κ3) is 5.52. The van der Waals surface area contributed by atoms with E-state index in [2.05, 4.69) is 20.6 Å². The van der Waals surface area contributed by atoms with Gasteiger partial charge in [-0.25, -0.2) is 27.9 Å². The lowest BCUT2D eigenvalue weighted by molar-refractivity contribution is 0.0986. The number of carbonyl (C=O) groups excluding carboxylic acids is 1. The number of halogens is 4. The third-order valence-electron chi connectivity index (χ3n) is 6.85. The van der Waals surface area contributed by atoms with Crippen LogP contribution in [0, 0.1) is 12.7 Å². The number of ether oxygens (including phenoxy) is 1. The highest BCUT2D eigenvalue weighted by atomic mass is 35.5. The third-order valence-corrected chi connectivity index (χ3v) is 7.22. The summed E-state index contributed by atoms with van der Waals surface area (Å²) in [6.45, 7) is 4.20. The van der Waals surface area contributed by atoms with Crippen LogP contribution in [0.25, 0.3) is 5.57 Å². The van der Waals surface area contributed by atoms with Crippen LogP contribution in [0.3, 0.4) is 0 Å². The second kappa shape index (κ2) is 11.1. The molecule has 0 saturated heterocycles. The van der Waals surface area contributed by atoms with E-state index in [0.29, 0.717) is 36.0 Å². The number of hydrogen-bond acceptors (Lipinski definition) is 6. The molecule has 3 heterocycles. The first-order valence-electron chi connectivity index (χ1n) is 12.5. The highest BCUT2D eigenvalue weighted by Crippen LogP contribution is 2.43. The summed E-state index contributed by atoms with van der Waals surface area (Å²) in [5, 5.41) is 6.37. The Labute approximate surface area is 229 Å². The summed E-state index contributed by atoms with van der Waals surface area (Å²) in [7, 11) is 0. The van der Waals surface area contributed by atoms with Gasteiger partial charge in [-0.2, -0.15) is 0 Å². The van der Waals surface area contributed by atoms with Gasteiger partial charge in [0.1, 0.15) is 35.4 Å². The van der Waals surface area contributed by atoms with Gasteiger partial charge in [-0.05, 0) is 37.0 Å². The molecule has 0 spiro atoms. The molecule has 0 aliphatic carbocycles. The number of aromatic nitrogens is 2. The number of hydrogen-bond donors (Lipinski definition) is 2. The Bertz CT molecular complexity index is 1420. The fraction of sp³-hybridized carbons (Fsp3) is 0.321. The van der Waals surface area contributed by atoms with E-state index in [-0.39, 0.29) is 18.7 Å². The molecule has 1 amide bonds. The van der Waals surface area contributed by atoms with Gasteiger partial charge in [0.15, 0.2) is 0 Å². The Morgan fingerprint density at radius 3 is 2.67 bits per heavy atom. The Morgan fingerprint density at radius 2 is 1.92 bits per heavy atom. The first kappa shape index (κ1) is 26.8. The van der Waals surface area contributed by atoms with Gasteiger partial charge < -0.3 is 20.3 Å². The van der Waals surface area contributed by atoms with E-state index in [1.807, 2.05) is 30.3 Å². The number of rotatable bonds is 6. The van der Waals surface area contributed by atoms with Gasteiger partial charge in [-0.15, -0.1) is 0 Å². The van der Waals surface area contributed by atoms with Crippen molar-refractivity contribution in [3.8, 4) is 0 Å². The van der Waals surface area contributed by atoms with Crippen molar-refractivity contribution in [3.05, 3.63) is 88.0 Å². The van der Waals surface area contributed by atoms with E-state index < -0.39 is 35.4 Å². The molecule has 39 heavy (non-hydrogen) atoms. The van der Waals surface area contributed by atoms with E-state index in [9.17, 15) is 18.0 Å². The van der Waals surface area contributed by atoms with E-state index in [4.69, 9.17) is 16.3 Å². The highest BCUT2D eigenvalue weighted by molar-refractivity contribution is 6.25. The SMILES string of the molecule is Cc1nc2c(c(N[C@H](C)c3cccc(C(F)F)c3F)n1)C1=C(CN(C(=O)OCc3ccccc3)CC1)C(Cl)N2. The van der Waals surface area contributed by atoms with Crippen molar-refractivity contribution in [2.24, 2.45) is 0 Å². The van der Waals surface area contributed by atoms with Crippen LogP contribution >= 0.6 is 11.6 Å². The fourth-order valence-electron chi connectivity index (χ4n) is 4.90. The molecule has 2 aliphatic heterocycles. The number of benzene rings is 2. The molecule has 7 nitrogen and oxygen atoms in total. The minimum absolute atomic E-state index is 0.0991. The lowest BCUT2D eigenvalue weighted by Crippen LogP contribution is -2.41. The summed E-state index contributed by atoms with van der Waals surface area (Å²) >= 11 is 6.69. The van der Waals surface area contributed by atoms with Crippen LogP contribution in [0.5, 0.6) is 0 Å². The topological polar surface area (TPSA) is 79.4 Å². The lowest BCUT2D eigenvalue weighted by Gasteiger charge is -2.37. The largest absolute Gasteiger partial charge is 0.445 e. The maximum absolute atomic E-state index is 14.9. The molecule has 2 N–H and O–H groups in total. The smallest absolute Gasteiger partial charge is 0.410 e. The minimum atomic E-state index is -2.92. The molecule has 0 fully saturated rings. The summed E-state index contributed by atoms with van der Waals surface area (Å²) in [5.41, 5.74) is 2.05. The maximum Gasteiger partial charge on any atom is 0.410 e. The summed E-state index contributed by atoms with van der Waals surface area (Å²) in [6.07, 6.45) is -2.90. The molecule has 0 radical (unpaired) electrons. The fourth-order valence-corrected chi connectivity index (χ4v) is 5.21. The number of amides is 1. The number of aryl methyl sites for hydroxylation is 1. The lowest BCUT2D eigenvalue weighted by atomic mass is 9.90. The molecular weight excluding hydrogens is 531 g/mol. The molecule has 0 saturated carbocycles. The van der Waals surface area contributed by atoms with E-state index in [1.165, 1.54) is 12.1 Å². The highest BCUT2D eigenvalue weighted by Gasteiger charge is 2.35. The van der Waals surface area contributed by atoms with Gasteiger partial charge in [-0.1, -0.05) is 60.1 Å². The van der Waals surface area contributed by atoms with Crippen LogP contribution < -0.4 is 10.6 Å². The first-order valence-corrected chi connectivity index (χ1v) is 13.0. The second-order valence-electron chi connectivity index (χ2n) is 9.48. The van der Waals surface area contributed by atoms with Gasteiger partial charge >= 0.3 is 6.09 Å². The number of nitrogens with zero attached hydrogens (tertiary/aromatic N) is 3. The summed E-state index contributed by atoms with van der Waals surface area (Å²) < 4.78 is 46.9. The van der Waals surface area contributed by atoms with Gasteiger partial charge in [0.25, 0.3) is 6.43 Å². The van der Waals surface area contributed by atoms with Gasteiger partial charge in [0.2, 0.25) is 0 Å². The molecule has 2 atom stereocenters. The minimum Gasteiger partial charge on any atom is -0.445 e. The van der Waals surface area contributed by atoms with Crippen LogP contribution in [-0.2, 0) is 11.3 Å². The molecule has 5 rings (SSSR count). The van der Waals surface area contributed by atoms with Crippen molar-refractivity contribution in [3.63, 3.8) is 0 Å². The number of nitrogens with one attached hydrogen (secondary N) is 2. The molecule has 2 aromatic carbocycles. The maximum atomic E-state index is 14.9. The number of carbonyl (C=O) groups is 1. The molecule has 1 aromatic heterocycles. The zero-order valence-electron chi connectivity index (χ0n) is 21.3. The number of fused-ring (bicyclic) bond motifs is 2. The van der Waals surface area contributed by atoms with Crippen molar-refractivity contribution in [1.29, 1.82) is 0 Å². The van der Waals surface area contributed by atoms with Crippen LogP contribution in [0.2, 0.25) is 0 Å². The standard InChI is InChI=1S/C28H27ClF3N5O2/c1-15(18-9-6-10-20(23(18)30)25(31)32)33-26-22-19-11-12-37(28(38)39-14-17-7-4-3-5-8-17)13-21(19)24(29)36-27(22)35-16(2)34-26/h3-10,15,24-25H,11-14H2,1-2H3,(H2,33,34,35,36)/t15-,24?/m1/s1. The van der Waals surface area contributed by atoms with Crippen molar-refractivity contribution in [2.45, 2.75) is 44.8 Å². The predicted octanol–water partition coefficient (Wildman–Crippen LogP) is 6.82. The van der Waals surface area contributed by atoms with Crippen molar-refractivity contribution >= 4 is 34.9 Å². The van der Waals surface area contributed by atoms with Gasteiger partial charge in [0.05, 0.1) is 17.2 Å². The normalized spacial score (nSPS) is 17.3. The molecule has 2 aliphatic rings. The predicted molar refractivity (Wildman–Crippen MR) is 143 cm³/mol. The molecule has 11 heteroatoms. The van der Waals surface area contributed by atoms with Gasteiger partial charge in [-0.3, -0.25) is 0 Å². The van der Waals surface area contributed by atoms with Gasteiger partial charge in [0, 0.05) is 18.7 Å². The molecule has 3 aromatic rings. The number of alkyl halides is 3. The van der Waals surface area contributed by atoms with E-state index in [1.54, 1.807) is 18.7 Å². The molecule has 204 valence electrons. The average Bonchev–Trinajstić information content (AvgIpc) is 2.91. The van der Waals surface area contributed by atoms with Crippen LogP contribution in [0.4, 0.5) is 29.6 Å². The van der Waals surface area contributed by atoms with Crippen molar-refractivity contribution < 1.29 is 22.7 Å². The Balaban J connectivity index is 1.41. The average molecular weight is 558 g/mol. The Kier molecular flexibility index (Phi) is 7.65. The zero-order valence-corrected chi connectivity index (χ0v) is 22.1. The van der Waals surface area contributed by atoms with Crippen LogP contribution in [-0.4, -0.2) is 39.6 Å². The Morgan fingerprint density at radius 1 is 1.18 bits per heavy atom. The first-order chi connectivity index (χ1) is 18.7.